The van der Waals surface area contributed by atoms with Crippen LogP contribution in [-0.2, 0) is 9.59 Å². The number of carbonyl (C=O) groups is 3. The molecule has 7 nitrogen and oxygen atoms in total. The van der Waals surface area contributed by atoms with Crippen LogP contribution >= 0.6 is 11.8 Å². The maximum Gasteiger partial charge on any atom is 0.272 e. The molecule has 1 unspecified atom stereocenters. The maximum atomic E-state index is 13.8. The Labute approximate surface area is 301 Å². The zero-order chi connectivity index (χ0) is 35.4. The molecule has 3 N–H and O–H groups in total. The molecule has 1 atom stereocenters. The van der Waals surface area contributed by atoms with E-state index in [9.17, 15) is 14.4 Å². The van der Waals surface area contributed by atoms with Crippen molar-refractivity contribution in [2.45, 2.75) is 10.1 Å². The highest BCUT2D eigenvalue weighted by Gasteiger charge is 2.23. The first-order valence-electron chi connectivity index (χ1n) is 16.3. The third-order valence-corrected chi connectivity index (χ3v) is 9.15. The first kappa shape index (κ1) is 34.5. The van der Waals surface area contributed by atoms with Crippen molar-refractivity contribution in [3.05, 3.63) is 186 Å². The van der Waals surface area contributed by atoms with Gasteiger partial charge in [0.2, 0.25) is 5.91 Å². The van der Waals surface area contributed by atoms with E-state index in [0.717, 1.165) is 27.1 Å². The number of hydrogen-bond donors (Lipinski definition) is 3. The third kappa shape index (κ3) is 9.41. The summed E-state index contributed by atoms with van der Waals surface area (Å²) in [6.45, 7) is 0. The first-order chi connectivity index (χ1) is 24.9. The average Bonchev–Trinajstić information content (AvgIpc) is 3.18. The van der Waals surface area contributed by atoms with Crippen molar-refractivity contribution in [1.29, 1.82) is 0 Å². The summed E-state index contributed by atoms with van der Waals surface area (Å²) in [5, 5.41) is 8.17. The van der Waals surface area contributed by atoms with Gasteiger partial charge in [-0.25, -0.2) is 0 Å². The quantitative estimate of drug-likeness (QED) is 0.0880. The fraction of sp³-hybridized carbons (Fsp3) is 0.0465. The van der Waals surface area contributed by atoms with E-state index < -0.39 is 17.1 Å². The number of benzene rings is 6. The molecule has 0 aliphatic carbocycles. The molecule has 0 aliphatic rings. The fourth-order valence-electron chi connectivity index (χ4n) is 5.28. The lowest BCUT2D eigenvalue weighted by Gasteiger charge is -2.18. The second-order valence-corrected chi connectivity index (χ2v) is 12.7. The molecule has 3 amide bonds. The minimum absolute atomic E-state index is 0.0791. The second kappa shape index (κ2) is 16.8. The molecular weight excluding hydrogens is 655 g/mol. The van der Waals surface area contributed by atoms with E-state index in [1.165, 1.54) is 11.8 Å². The van der Waals surface area contributed by atoms with Crippen molar-refractivity contribution in [3.63, 3.8) is 0 Å². The molecule has 0 radical (unpaired) electrons. The Kier molecular flexibility index (Phi) is 11.4. The molecule has 252 valence electrons. The summed E-state index contributed by atoms with van der Waals surface area (Å²) in [6, 6.07) is 50.5. The lowest BCUT2D eigenvalue weighted by atomic mass is 10.0. The first-order valence-corrected chi connectivity index (χ1v) is 17.1. The van der Waals surface area contributed by atoms with Gasteiger partial charge in [0.05, 0.1) is 7.11 Å². The zero-order valence-corrected chi connectivity index (χ0v) is 28.6. The molecule has 0 aromatic heterocycles. The van der Waals surface area contributed by atoms with Gasteiger partial charge in [0.25, 0.3) is 11.8 Å². The number of rotatable bonds is 12. The van der Waals surface area contributed by atoms with E-state index >= 15 is 0 Å². The number of carbonyl (C=O) groups excluding carboxylic acids is 3. The predicted octanol–water partition coefficient (Wildman–Crippen LogP) is 9.24. The van der Waals surface area contributed by atoms with Crippen LogP contribution in [0.1, 0.15) is 26.7 Å². The molecule has 0 aliphatic heterocycles. The summed E-state index contributed by atoms with van der Waals surface area (Å²) in [6.07, 6.45) is 1.65. The number of amides is 3. The van der Waals surface area contributed by atoms with Gasteiger partial charge in [-0.3, -0.25) is 14.4 Å². The normalized spacial score (nSPS) is 11.6. The lowest BCUT2D eigenvalue weighted by molar-refractivity contribution is -0.116. The van der Waals surface area contributed by atoms with Crippen LogP contribution in [0.2, 0.25) is 0 Å². The number of thioether (sulfide) groups is 1. The van der Waals surface area contributed by atoms with Crippen LogP contribution in [0.5, 0.6) is 5.75 Å². The summed E-state index contributed by atoms with van der Waals surface area (Å²) in [4.78, 5) is 41.4. The highest BCUT2D eigenvalue weighted by atomic mass is 32.2. The predicted molar refractivity (Wildman–Crippen MR) is 205 cm³/mol. The minimum atomic E-state index is -0.585. The number of hydrogen-bond acceptors (Lipinski definition) is 5. The summed E-state index contributed by atoms with van der Waals surface area (Å²) in [5.74, 6) is -0.404. The molecule has 51 heavy (non-hydrogen) atoms. The van der Waals surface area contributed by atoms with Crippen molar-refractivity contribution in [1.82, 2.24) is 5.32 Å². The van der Waals surface area contributed by atoms with Gasteiger partial charge < -0.3 is 20.7 Å². The van der Waals surface area contributed by atoms with Crippen LogP contribution in [-0.4, -0.2) is 24.8 Å². The number of nitrogens with one attached hydrogen (secondary N) is 3. The van der Waals surface area contributed by atoms with Crippen LogP contribution in [0.15, 0.2) is 174 Å². The molecule has 0 saturated carbocycles. The van der Waals surface area contributed by atoms with Crippen molar-refractivity contribution in [2.24, 2.45) is 0 Å². The van der Waals surface area contributed by atoms with Gasteiger partial charge in [0, 0.05) is 21.8 Å². The molecule has 0 heterocycles. The second-order valence-electron chi connectivity index (χ2n) is 11.5. The van der Waals surface area contributed by atoms with Gasteiger partial charge in [-0.1, -0.05) is 109 Å². The van der Waals surface area contributed by atoms with E-state index in [4.69, 9.17) is 4.74 Å². The van der Waals surface area contributed by atoms with Crippen molar-refractivity contribution in [3.8, 4) is 16.9 Å². The Morgan fingerprint density at radius 2 is 1.25 bits per heavy atom. The van der Waals surface area contributed by atoms with Crippen LogP contribution in [0.3, 0.4) is 0 Å². The Balaban J connectivity index is 1.23. The average molecular weight is 690 g/mol. The standard InChI is InChI=1S/C43H35N3O4S/c1-50-37-26-24-35(25-27-37)44-43(49)40(33-14-7-3-8-15-33)51-38-19-11-18-36(29-38)45-42(48)39(46-41(47)34-16-9-4-10-17-34)28-30-20-22-32(23-21-30)31-12-5-2-6-13-31/h2-29,40H,1H3,(H,44,49)(H,45,48)(H,46,47)/b39-28+. The van der Waals surface area contributed by atoms with E-state index in [-0.39, 0.29) is 11.6 Å². The molecule has 0 saturated heterocycles. The number of anilines is 2. The van der Waals surface area contributed by atoms with Crippen molar-refractivity contribution < 1.29 is 19.1 Å². The Hall–Kier alpha value is -6.38. The number of ether oxygens (including phenoxy) is 1. The number of methoxy groups -OCH3 is 1. The monoisotopic (exact) mass is 689 g/mol. The minimum Gasteiger partial charge on any atom is -0.497 e. The highest BCUT2D eigenvalue weighted by Crippen LogP contribution is 2.37. The van der Waals surface area contributed by atoms with Crippen LogP contribution in [0, 0.1) is 0 Å². The van der Waals surface area contributed by atoms with Crippen LogP contribution in [0.25, 0.3) is 17.2 Å². The largest absolute Gasteiger partial charge is 0.497 e. The molecule has 8 heteroatoms. The summed E-state index contributed by atoms with van der Waals surface area (Å²) >= 11 is 1.36. The van der Waals surface area contributed by atoms with Crippen LogP contribution in [0.4, 0.5) is 11.4 Å². The topological polar surface area (TPSA) is 96.5 Å². The zero-order valence-electron chi connectivity index (χ0n) is 27.8. The molecule has 0 fully saturated rings. The summed E-state index contributed by atoms with van der Waals surface area (Å²) < 4.78 is 5.24. The SMILES string of the molecule is COc1ccc(NC(=O)C(Sc2cccc(NC(=O)/C(=C\c3ccc(-c4ccccc4)cc3)NC(=O)c3ccccc3)c2)c2ccccc2)cc1. The van der Waals surface area contributed by atoms with Crippen LogP contribution < -0.4 is 20.7 Å². The molecule has 6 aromatic carbocycles. The van der Waals surface area contributed by atoms with Gasteiger partial charge in [0.15, 0.2) is 0 Å². The molecule has 6 rings (SSSR count). The van der Waals surface area contributed by atoms with Gasteiger partial charge in [-0.15, -0.1) is 11.8 Å². The third-order valence-electron chi connectivity index (χ3n) is 7.90. The van der Waals surface area contributed by atoms with Gasteiger partial charge >= 0.3 is 0 Å². The molecular formula is C43H35N3O4S. The summed E-state index contributed by atoms with van der Waals surface area (Å²) in [5.41, 5.74) is 5.34. The molecule has 6 aromatic rings. The van der Waals surface area contributed by atoms with E-state index in [1.54, 1.807) is 67.8 Å². The maximum absolute atomic E-state index is 13.8. The fourth-order valence-corrected chi connectivity index (χ4v) is 6.36. The molecule has 0 bridgehead atoms. The Morgan fingerprint density at radius 3 is 1.92 bits per heavy atom. The smallest absolute Gasteiger partial charge is 0.272 e. The van der Waals surface area contributed by atoms with Gasteiger partial charge in [-0.2, -0.15) is 0 Å². The van der Waals surface area contributed by atoms with Gasteiger partial charge in [-0.05, 0) is 82.9 Å². The summed E-state index contributed by atoms with van der Waals surface area (Å²) in [7, 11) is 1.59. The lowest BCUT2D eigenvalue weighted by Crippen LogP contribution is -2.30. The van der Waals surface area contributed by atoms with Gasteiger partial charge in [0.1, 0.15) is 16.7 Å². The highest BCUT2D eigenvalue weighted by molar-refractivity contribution is 8.00. The Morgan fingerprint density at radius 1 is 0.627 bits per heavy atom. The van der Waals surface area contributed by atoms with E-state index in [0.29, 0.717) is 22.7 Å². The Bertz CT molecular complexity index is 2120. The van der Waals surface area contributed by atoms with Crippen molar-refractivity contribution in [2.75, 3.05) is 17.7 Å². The van der Waals surface area contributed by atoms with E-state index in [1.807, 2.05) is 109 Å². The van der Waals surface area contributed by atoms with Crippen molar-refractivity contribution >= 4 is 46.9 Å². The molecule has 0 spiro atoms. The van der Waals surface area contributed by atoms with E-state index in [2.05, 4.69) is 16.0 Å².